The highest BCUT2D eigenvalue weighted by Crippen LogP contribution is 2.29. The van der Waals surface area contributed by atoms with E-state index in [-0.39, 0.29) is 5.91 Å². The molecule has 3 N–H and O–H groups in total. The standard InChI is InChI=1S/C12H17N.2C10H21N.C9H18N2O.3C9H20N2.C7H15NO2S.C7H15NOS/c1-10(2)13-8-7-11-5-3-4-6-12(11)9-13;1-9(2)11-8-6-5-7-10(11,3)4;1-8(2)11-9(3)6-5-7-10(11)4;1-8(2)10-4-6-11(7-5-10)9(3)12;1-7(2)11-6-8(3)10-5-9(11)4;1-7(2)11-5-8(3)10-9(4)6-11;1-7(2)11-8(3)5-10-6-9(11)4;1-7(2)8-3-5-11(9,10)6-4-8;1-7(2)8-3-5-10(9)6-4-8/h3-6,10H,7-9H2,1-2H3;9H,5-8H2,1-4H3;8-10H,5-7H2,1-4H3;8H,4-7H2,1-3H3;3*7-10H,5-6H2,1-4H3;7H,3-6H2,1-2H3;7H,3-6H2,1-2H3. The van der Waals surface area contributed by atoms with E-state index in [4.69, 9.17) is 0 Å². The molecule has 17 nitrogen and oxygen atoms in total. The fourth-order valence-corrected chi connectivity index (χ4v) is 18.7. The van der Waals surface area contributed by atoms with Gasteiger partial charge in [0.05, 0.1) is 11.5 Å². The Bertz CT molecular complexity index is 2380. The number of likely N-dealkylation sites (tertiary alicyclic amines) is 2. The van der Waals surface area contributed by atoms with Gasteiger partial charge in [0.15, 0.2) is 9.84 Å². The second kappa shape index (κ2) is 48.7. The van der Waals surface area contributed by atoms with Crippen molar-refractivity contribution in [3.8, 4) is 0 Å². The third-order valence-corrected chi connectivity index (χ3v) is 25.3. The zero-order valence-corrected chi connectivity index (χ0v) is 73.0. The molecule has 0 aromatic heterocycles. The van der Waals surface area contributed by atoms with E-state index < -0.39 is 20.6 Å². The van der Waals surface area contributed by atoms with Crippen molar-refractivity contribution in [2.75, 3.05) is 128 Å². The lowest BCUT2D eigenvalue weighted by atomic mass is 9.89. The summed E-state index contributed by atoms with van der Waals surface area (Å²) in [4.78, 5) is 35.3. The average Bonchev–Trinajstić information content (AvgIpc) is 0.860. The van der Waals surface area contributed by atoms with Crippen molar-refractivity contribution in [1.29, 1.82) is 0 Å². The van der Waals surface area contributed by atoms with Crippen molar-refractivity contribution in [1.82, 2.24) is 64.9 Å². The number of sulfone groups is 1. The molecule has 0 spiro atoms. The number of rotatable bonds is 9. The molecule has 9 aliphatic rings. The summed E-state index contributed by atoms with van der Waals surface area (Å²) in [5.74, 6) is 2.63. The van der Waals surface area contributed by atoms with Gasteiger partial charge in [-0.15, -0.1) is 0 Å². The van der Waals surface area contributed by atoms with E-state index in [0.717, 1.165) is 95.1 Å². The minimum Gasteiger partial charge on any atom is -0.340 e. The second-order valence-corrected chi connectivity index (χ2v) is 38.6. The molecule has 10 rings (SSSR count). The van der Waals surface area contributed by atoms with Gasteiger partial charge in [-0.3, -0.25) is 53.1 Å². The normalized spacial score (nSPS) is 27.7. The average molecular weight is 1460 g/mol. The van der Waals surface area contributed by atoms with Crippen molar-refractivity contribution in [3.63, 3.8) is 0 Å². The molecule has 8 fully saturated rings. The van der Waals surface area contributed by atoms with Gasteiger partial charge in [0.2, 0.25) is 5.91 Å². The number of nitrogens with zero attached hydrogens (tertiary/aromatic N) is 10. The zero-order chi connectivity index (χ0) is 76.6. The predicted molar refractivity (Wildman–Crippen MR) is 440 cm³/mol. The molecule has 0 radical (unpaired) electrons. The first kappa shape index (κ1) is 95.4. The van der Waals surface area contributed by atoms with Crippen LogP contribution < -0.4 is 16.0 Å². The third-order valence-electron chi connectivity index (χ3n) is 22.4. The molecule has 8 atom stereocenters. The lowest BCUT2D eigenvalue weighted by Crippen LogP contribution is -2.57. The molecule has 8 unspecified atom stereocenters. The molecular weight excluding hydrogens is 1300 g/mol. The molecule has 9 aliphatic heterocycles. The highest BCUT2D eigenvalue weighted by atomic mass is 32.2. The fourth-order valence-electron chi connectivity index (χ4n) is 16.3. The summed E-state index contributed by atoms with van der Waals surface area (Å²) in [6.07, 6.45) is 9.59. The number of amides is 1. The summed E-state index contributed by atoms with van der Waals surface area (Å²) in [5, 5.41) is 10.4. The Morgan fingerprint density at radius 1 is 0.475 bits per heavy atom. The van der Waals surface area contributed by atoms with Crippen LogP contribution in [0.1, 0.15) is 250 Å². The number of carbonyl (C=O) groups is 1. The fraction of sp³-hybridized carbons (Fsp3) is 0.915. The summed E-state index contributed by atoms with van der Waals surface area (Å²) in [6, 6.07) is 20.3. The number of piperidine rings is 2. The first-order valence-corrected chi connectivity index (χ1v) is 44.2. The SMILES string of the molecule is CC(=O)N1CCN(C(C)C)CC1.CC(C)N1C(C)CCCC1C.CC(C)N1C(C)CNCC1C.CC(C)N1CCCCC1(C)C.CC(C)N1CCS(=O)(=O)CC1.CC(C)N1CCS(=O)CC1.CC(C)N1CCc2ccccc2C1.CC1CN(C(C)C)C(C)CN1.CC1CN(C(C)C)CC(C)N1. The number of nitrogens with one attached hydrogen (secondary N) is 3. The maximum atomic E-state index is 11.0. The van der Waals surface area contributed by atoms with Crippen LogP contribution in [0.2, 0.25) is 0 Å². The van der Waals surface area contributed by atoms with Crippen molar-refractivity contribution in [2.45, 2.75) is 361 Å². The molecule has 8 saturated heterocycles. The quantitative estimate of drug-likeness (QED) is 0.216. The third kappa shape index (κ3) is 36.8. The predicted octanol–water partition coefficient (Wildman–Crippen LogP) is 12.1. The maximum absolute atomic E-state index is 11.0. The van der Waals surface area contributed by atoms with E-state index in [0.29, 0.717) is 115 Å². The molecule has 0 saturated carbocycles. The summed E-state index contributed by atoms with van der Waals surface area (Å²) in [6.45, 7) is 83.0. The lowest BCUT2D eigenvalue weighted by molar-refractivity contribution is -0.130. The Balaban J connectivity index is 0.000000387. The van der Waals surface area contributed by atoms with E-state index >= 15 is 0 Å². The maximum Gasteiger partial charge on any atom is 0.219 e. The van der Waals surface area contributed by atoms with Crippen LogP contribution in [0.3, 0.4) is 0 Å². The van der Waals surface area contributed by atoms with Crippen molar-refractivity contribution in [2.24, 2.45) is 0 Å². The smallest absolute Gasteiger partial charge is 0.219 e. The van der Waals surface area contributed by atoms with Gasteiger partial charge < -0.3 is 20.9 Å². The topological polar surface area (TPSA) is 137 Å². The molecule has 1 amide bonds. The monoisotopic (exact) mass is 1460 g/mol. The van der Waals surface area contributed by atoms with Crippen molar-refractivity contribution >= 4 is 26.5 Å². The van der Waals surface area contributed by atoms with Crippen LogP contribution in [0.25, 0.3) is 0 Å². The Morgan fingerprint density at radius 2 is 0.931 bits per heavy atom. The zero-order valence-electron chi connectivity index (χ0n) is 71.3. The molecule has 101 heavy (non-hydrogen) atoms. The van der Waals surface area contributed by atoms with E-state index in [9.17, 15) is 17.4 Å². The Kier molecular flexibility index (Phi) is 46.0. The first-order chi connectivity index (χ1) is 47.1. The van der Waals surface area contributed by atoms with Crippen molar-refractivity contribution < 1.29 is 17.4 Å². The number of benzene rings is 1. The molecule has 596 valence electrons. The highest BCUT2D eigenvalue weighted by Gasteiger charge is 2.32. The first-order valence-electron chi connectivity index (χ1n) is 40.9. The van der Waals surface area contributed by atoms with Crippen LogP contribution in [0, 0.1) is 0 Å². The molecular formula is C82H167N13O4S2. The van der Waals surface area contributed by atoms with Gasteiger partial charge in [-0.25, -0.2) is 8.42 Å². The Morgan fingerprint density at radius 3 is 1.33 bits per heavy atom. The van der Waals surface area contributed by atoms with Gasteiger partial charge in [0.25, 0.3) is 0 Å². The van der Waals surface area contributed by atoms with E-state index in [1.807, 2.05) is 4.90 Å². The summed E-state index contributed by atoms with van der Waals surface area (Å²) < 4.78 is 32.9. The summed E-state index contributed by atoms with van der Waals surface area (Å²) in [7, 11) is -3.21. The minimum atomic E-state index is -2.69. The van der Waals surface area contributed by atoms with Gasteiger partial charge in [-0.2, -0.15) is 0 Å². The van der Waals surface area contributed by atoms with E-state index in [2.05, 4.69) is 278 Å². The van der Waals surface area contributed by atoms with Gasteiger partial charge in [-0.1, -0.05) is 37.1 Å². The number of piperazine rings is 4. The molecule has 1 aromatic carbocycles. The van der Waals surface area contributed by atoms with Gasteiger partial charge in [0.1, 0.15) is 0 Å². The minimum absolute atomic E-state index is 0.207. The van der Waals surface area contributed by atoms with Crippen LogP contribution in [0.5, 0.6) is 0 Å². The van der Waals surface area contributed by atoms with Crippen molar-refractivity contribution in [3.05, 3.63) is 35.4 Å². The highest BCUT2D eigenvalue weighted by molar-refractivity contribution is 7.91. The number of hydrogen-bond acceptors (Lipinski definition) is 16. The molecule has 0 aliphatic carbocycles. The summed E-state index contributed by atoms with van der Waals surface area (Å²) in [5.41, 5.74) is 3.51. The van der Waals surface area contributed by atoms with Gasteiger partial charge >= 0.3 is 0 Å². The van der Waals surface area contributed by atoms with Crippen LogP contribution in [-0.4, -0.2) is 304 Å². The van der Waals surface area contributed by atoms with Crippen LogP contribution >= 0.6 is 0 Å². The van der Waals surface area contributed by atoms with Gasteiger partial charge in [-0.05, 0) is 244 Å². The second-order valence-electron chi connectivity index (χ2n) is 34.6. The number of carbonyl (C=O) groups excluding carboxylic acids is 1. The molecule has 1 aromatic rings. The van der Waals surface area contributed by atoms with Crippen LogP contribution in [-0.2, 0) is 38.4 Å². The summed E-state index contributed by atoms with van der Waals surface area (Å²) >= 11 is 0. The largest absolute Gasteiger partial charge is 0.340 e. The van der Waals surface area contributed by atoms with E-state index in [1.165, 1.54) is 83.2 Å². The van der Waals surface area contributed by atoms with E-state index in [1.54, 1.807) is 12.5 Å². The lowest BCUT2D eigenvalue weighted by Gasteiger charge is -2.45. The molecule has 9 heterocycles. The Labute approximate surface area is 629 Å². The Hall–Kier alpha value is -1.69. The van der Waals surface area contributed by atoms with Crippen LogP contribution in [0.4, 0.5) is 0 Å². The molecule has 0 bridgehead atoms. The van der Waals surface area contributed by atoms with Gasteiger partial charge in [0, 0.05) is 242 Å². The van der Waals surface area contributed by atoms with Crippen LogP contribution in [0.15, 0.2) is 24.3 Å². The number of hydrogen-bond donors (Lipinski definition) is 3. The molecule has 19 heteroatoms. The number of fused-ring (bicyclic) bond motifs is 1.